The average Bonchev–Trinajstić information content (AvgIpc) is 3.04. The van der Waals surface area contributed by atoms with Crippen LogP contribution < -0.4 is 15.0 Å². The van der Waals surface area contributed by atoms with Crippen molar-refractivity contribution >= 4 is 64.0 Å². The van der Waals surface area contributed by atoms with Crippen molar-refractivity contribution in [2.75, 3.05) is 10.2 Å². The van der Waals surface area contributed by atoms with Crippen LogP contribution in [0, 0.1) is 0 Å². The molecule has 0 saturated carbocycles. The molecule has 0 spiro atoms. The maximum atomic E-state index is 13.0. The summed E-state index contributed by atoms with van der Waals surface area (Å²) in [7, 11) is 0. The molecule has 6 nitrogen and oxygen atoms in total. The van der Waals surface area contributed by atoms with Gasteiger partial charge in [0.1, 0.15) is 16.5 Å². The SMILES string of the molecule is CC(C)(C)c1ccccc1OC(=O)c1ccc(NC2=C(Cl)C(=O)N(c3ccc(Cl)c(Cl)c3)C2=O)cc1. The van der Waals surface area contributed by atoms with Crippen molar-refractivity contribution in [2.24, 2.45) is 0 Å². The molecule has 36 heavy (non-hydrogen) atoms. The Morgan fingerprint density at radius 1 is 0.861 bits per heavy atom. The van der Waals surface area contributed by atoms with Gasteiger partial charge in [0.2, 0.25) is 0 Å². The minimum atomic E-state index is -0.694. The molecular formula is C27H21Cl3N2O4. The molecule has 0 saturated heterocycles. The number of para-hydroxylation sites is 1. The van der Waals surface area contributed by atoms with Gasteiger partial charge in [0.15, 0.2) is 0 Å². The van der Waals surface area contributed by atoms with Crippen LogP contribution in [0.2, 0.25) is 10.0 Å². The summed E-state index contributed by atoms with van der Waals surface area (Å²) < 4.78 is 5.65. The zero-order valence-electron chi connectivity index (χ0n) is 19.6. The Kier molecular flexibility index (Phi) is 7.14. The molecular weight excluding hydrogens is 523 g/mol. The van der Waals surface area contributed by atoms with Crippen molar-refractivity contribution in [1.29, 1.82) is 0 Å². The van der Waals surface area contributed by atoms with E-state index in [1.807, 2.05) is 39.0 Å². The Morgan fingerprint density at radius 2 is 1.53 bits per heavy atom. The predicted molar refractivity (Wildman–Crippen MR) is 142 cm³/mol. The highest BCUT2D eigenvalue weighted by Crippen LogP contribution is 2.34. The minimum Gasteiger partial charge on any atom is -0.423 e. The first-order valence-electron chi connectivity index (χ1n) is 10.9. The number of hydrogen-bond acceptors (Lipinski definition) is 5. The van der Waals surface area contributed by atoms with Gasteiger partial charge in [-0.05, 0) is 53.9 Å². The van der Waals surface area contributed by atoms with E-state index in [0.717, 1.165) is 10.5 Å². The summed E-state index contributed by atoms with van der Waals surface area (Å²) in [6.45, 7) is 6.12. The topological polar surface area (TPSA) is 75.7 Å². The Bertz CT molecular complexity index is 1410. The first-order chi connectivity index (χ1) is 17.0. The van der Waals surface area contributed by atoms with Crippen LogP contribution in [0.5, 0.6) is 5.75 Å². The van der Waals surface area contributed by atoms with Crippen LogP contribution in [0.3, 0.4) is 0 Å². The summed E-state index contributed by atoms with van der Waals surface area (Å²) in [4.78, 5) is 39.3. The second-order valence-corrected chi connectivity index (χ2v) is 10.3. The van der Waals surface area contributed by atoms with Crippen LogP contribution in [0.4, 0.5) is 11.4 Å². The van der Waals surface area contributed by atoms with E-state index in [-0.39, 0.29) is 31.9 Å². The Morgan fingerprint density at radius 3 is 2.17 bits per heavy atom. The molecule has 0 radical (unpaired) electrons. The molecule has 3 aromatic carbocycles. The average molecular weight is 544 g/mol. The van der Waals surface area contributed by atoms with Gasteiger partial charge in [-0.3, -0.25) is 9.59 Å². The summed E-state index contributed by atoms with van der Waals surface area (Å²) in [6.07, 6.45) is 0. The van der Waals surface area contributed by atoms with Crippen molar-refractivity contribution in [3.05, 3.63) is 98.6 Å². The van der Waals surface area contributed by atoms with Gasteiger partial charge in [-0.1, -0.05) is 73.8 Å². The summed E-state index contributed by atoms with van der Waals surface area (Å²) in [5.74, 6) is -1.37. The van der Waals surface area contributed by atoms with Gasteiger partial charge >= 0.3 is 5.97 Å². The van der Waals surface area contributed by atoms with Gasteiger partial charge in [0.05, 0.1) is 21.3 Å². The number of nitrogens with one attached hydrogen (secondary N) is 1. The largest absolute Gasteiger partial charge is 0.423 e. The third-order valence-corrected chi connectivity index (χ3v) is 6.57. The highest BCUT2D eigenvalue weighted by Gasteiger charge is 2.39. The number of anilines is 2. The lowest BCUT2D eigenvalue weighted by molar-refractivity contribution is -0.120. The van der Waals surface area contributed by atoms with E-state index < -0.39 is 17.8 Å². The third kappa shape index (κ3) is 5.12. The van der Waals surface area contributed by atoms with Crippen LogP contribution in [0.1, 0.15) is 36.7 Å². The molecule has 9 heteroatoms. The number of halogens is 3. The highest BCUT2D eigenvalue weighted by molar-refractivity contribution is 6.53. The lowest BCUT2D eigenvalue weighted by atomic mass is 9.86. The quantitative estimate of drug-likeness (QED) is 0.214. The molecule has 4 rings (SSSR count). The molecule has 184 valence electrons. The molecule has 0 bridgehead atoms. The number of carbonyl (C=O) groups is 3. The van der Waals surface area contributed by atoms with Crippen molar-refractivity contribution in [1.82, 2.24) is 0 Å². The van der Waals surface area contributed by atoms with Gasteiger partial charge in [-0.2, -0.15) is 0 Å². The van der Waals surface area contributed by atoms with E-state index in [0.29, 0.717) is 17.0 Å². The molecule has 0 aromatic heterocycles. The smallest absolute Gasteiger partial charge is 0.343 e. The van der Waals surface area contributed by atoms with E-state index in [1.165, 1.54) is 18.2 Å². The number of benzene rings is 3. The normalized spacial score (nSPS) is 13.9. The van der Waals surface area contributed by atoms with Gasteiger partial charge in [0, 0.05) is 11.3 Å². The number of esters is 1. The molecule has 1 aliphatic heterocycles. The van der Waals surface area contributed by atoms with Crippen LogP contribution in [-0.4, -0.2) is 17.8 Å². The minimum absolute atomic E-state index is 0.0952. The number of ether oxygens (including phenoxy) is 1. The second kappa shape index (κ2) is 9.97. The standard InChI is InChI=1S/C27H21Cl3N2O4/c1-27(2,3)18-6-4-5-7-21(18)36-26(35)15-8-10-16(11-9-15)31-23-22(30)24(33)32(25(23)34)17-12-13-19(28)20(29)14-17/h4-14,31H,1-3H3. The zero-order chi connectivity index (χ0) is 26.2. The molecule has 3 aromatic rings. The van der Waals surface area contributed by atoms with Gasteiger partial charge in [-0.25, -0.2) is 9.69 Å². The fourth-order valence-electron chi connectivity index (χ4n) is 3.64. The second-order valence-electron chi connectivity index (χ2n) is 9.07. The molecule has 0 fully saturated rings. The first kappa shape index (κ1) is 25.8. The van der Waals surface area contributed by atoms with Crippen LogP contribution in [-0.2, 0) is 15.0 Å². The lowest BCUT2D eigenvalue weighted by Gasteiger charge is -2.22. The number of carbonyl (C=O) groups excluding carboxylic acids is 3. The van der Waals surface area contributed by atoms with E-state index in [1.54, 1.807) is 30.3 Å². The van der Waals surface area contributed by atoms with E-state index in [9.17, 15) is 14.4 Å². The number of rotatable bonds is 5. The van der Waals surface area contributed by atoms with Crippen molar-refractivity contribution < 1.29 is 19.1 Å². The third-order valence-electron chi connectivity index (χ3n) is 5.48. The molecule has 2 amide bonds. The first-order valence-corrected chi connectivity index (χ1v) is 12.0. The van der Waals surface area contributed by atoms with Crippen LogP contribution in [0.25, 0.3) is 0 Å². The molecule has 1 N–H and O–H groups in total. The summed E-state index contributed by atoms with van der Waals surface area (Å²) in [5, 5.41) is 3.08. The summed E-state index contributed by atoms with van der Waals surface area (Å²) in [6, 6.07) is 18.1. The molecule has 0 aliphatic carbocycles. The molecule has 0 atom stereocenters. The number of nitrogens with zero attached hydrogens (tertiary/aromatic N) is 1. The Balaban J connectivity index is 1.50. The summed E-state index contributed by atoms with van der Waals surface area (Å²) >= 11 is 18.1. The van der Waals surface area contributed by atoms with Gasteiger partial charge < -0.3 is 10.1 Å². The Labute approximate surface area is 223 Å². The van der Waals surface area contributed by atoms with Crippen molar-refractivity contribution in [3.63, 3.8) is 0 Å². The van der Waals surface area contributed by atoms with E-state index in [4.69, 9.17) is 39.5 Å². The maximum absolute atomic E-state index is 13.0. The molecule has 1 heterocycles. The fraction of sp³-hybridized carbons (Fsp3) is 0.148. The monoisotopic (exact) mass is 542 g/mol. The number of hydrogen-bond donors (Lipinski definition) is 1. The maximum Gasteiger partial charge on any atom is 0.343 e. The summed E-state index contributed by atoms with van der Waals surface area (Å²) in [5.41, 5.74) is 1.62. The fourth-order valence-corrected chi connectivity index (χ4v) is 4.14. The zero-order valence-corrected chi connectivity index (χ0v) is 21.8. The molecule has 1 aliphatic rings. The highest BCUT2D eigenvalue weighted by atomic mass is 35.5. The van der Waals surface area contributed by atoms with Crippen LogP contribution in [0.15, 0.2) is 77.5 Å². The van der Waals surface area contributed by atoms with Gasteiger partial charge in [-0.15, -0.1) is 0 Å². The van der Waals surface area contributed by atoms with E-state index >= 15 is 0 Å². The van der Waals surface area contributed by atoms with E-state index in [2.05, 4.69) is 5.32 Å². The molecule has 0 unspecified atom stereocenters. The number of imide groups is 1. The lowest BCUT2D eigenvalue weighted by Crippen LogP contribution is -2.32. The van der Waals surface area contributed by atoms with Crippen LogP contribution >= 0.6 is 34.8 Å². The Hall–Kier alpha value is -3.32. The van der Waals surface area contributed by atoms with Crippen molar-refractivity contribution in [3.8, 4) is 5.75 Å². The van der Waals surface area contributed by atoms with Crippen molar-refractivity contribution in [2.45, 2.75) is 26.2 Å². The van der Waals surface area contributed by atoms with Gasteiger partial charge in [0.25, 0.3) is 11.8 Å². The predicted octanol–water partition coefficient (Wildman–Crippen LogP) is 6.95. The number of amides is 2.